The smallest absolute Gasteiger partial charge is 0.377 e. The van der Waals surface area contributed by atoms with Gasteiger partial charge < -0.3 is 14.7 Å². The number of nitrogens with zero attached hydrogens (tertiary/aromatic N) is 2. The van der Waals surface area contributed by atoms with Gasteiger partial charge >= 0.3 is 5.97 Å². The van der Waals surface area contributed by atoms with Crippen LogP contribution in [-0.4, -0.2) is 22.9 Å². The minimum Gasteiger partial charge on any atom is -0.487 e. The third kappa shape index (κ3) is 3.61. The van der Waals surface area contributed by atoms with Gasteiger partial charge in [-0.1, -0.05) is 42.5 Å². The van der Waals surface area contributed by atoms with Gasteiger partial charge in [-0.3, -0.25) is 4.79 Å². The normalized spacial score (nSPS) is 16.9. The van der Waals surface area contributed by atoms with Crippen LogP contribution in [0.15, 0.2) is 84.1 Å². The second kappa shape index (κ2) is 8.10. The highest BCUT2D eigenvalue weighted by molar-refractivity contribution is 6.41. The van der Waals surface area contributed by atoms with Crippen LogP contribution in [0.25, 0.3) is 0 Å². The molecular formula is C24H18N2O4. The Morgan fingerprint density at radius 1 is 1.17 bits per heavy atom. The molecule has 1 heterocycles. The summed E-state index contributed by atoms with van der Waals surface area (Å²) in [7, 11) is 0. The average molecular weight is 398 g/mol. The lowest BCUT2D eigenvalue weighted by atomic mass is 9.93. The van der Waals surface area contributed by atoms with Crippen molar-refractivity contribution in [2.24, 2.45) is 0 Å². The summed E-state index contributed by atoms with van der Waals surface area (Å²) in [4.78, 5) is 25.4. The van der Waals surface area contributed by atoms with Crippen molar-refractivity contribution in [3.05, 3.63) is 95.2 Å². The quantitative estimate of drug-likeness (QED) is 0.746. The highest BCUT2D eigenvalue weighted by atomic mass is 16.5. The molecule has 0 spiro atoms. The molecule has 0 radical (unpaired) electrons. The minimum absolute atomic E-state index is 0.159. The number of fused-ring (bicyclic) bond motifs is 1. The Morgan fingerprint density at radius 3 is 2.67 bits per heavy atom. The lowest BCUT2D eigenvalue weighted by Gasteiger charge is -2.28. The van der Waals surface area contributed by atoms with Gasteiger partial charge in [0.1, 0.15) is 12.4 Å². The molecule has 0 bridgehead atoms. The number of benzene rings is 2. The second-order valence-corrected chi connectivity index (χ2v) is 6.95. The molecule has 1 aliphatic carbocycles. The van der Waals surface area contributed by atoms with Crippen molar-refractivity contribution >= 4 is 17.4 Å². The molecule has 0 amide bonds. The Labute approximate surface area is 173 Å². The first-order chi connectivity index (χ1) is 14.6. The number of ether oxygens (including phenoxy) is 1. The number of Topliss-reactive ketones (excluding diaryl/α,β-unsaturated/α-hetero) is 1. The largest absolute Gasteiger partial charge is 0.487 e. The number of para-hydroxylation sites is 2. The molecule has 2 aromatic carbocycles. The van der Waals surface area contributed by atoms with Gasteiger partial charge in [0, 0.05) is 6.20 Å². The molecule has 1 aliphatic heterocycles. The van der Waals surface area contributed by atoms with E-state index in [-0.39, 0.29) is 11.6 Å². The van der Waals surface area contributed by atoms with Crippen LogP contribution in [-0.2, 0) is 16.2 Å². The maximum absolute atomic E-state index is 12.2. The van der Waals surface area contributed by atoms with Gasteiger partial charge in [-0.25, -0.2) is 4.79 Å². The van der Waals surface area contributed by atoms with Crippen LogP contribution < -0.4 is 9.64 Å². The van der Waals surface area contributed by atoms with Crippen molar-refractivity contribution in [1.82, 2.24) is 0 Å². The van der Waals surface area contributed by atoms with Gasteiger partial charge in [0.25, 0.3) is 5.78 Å². The summed E-state index contributed by atoms with van der Waals surface area (Å²) >= 11 is 0. The van der Waals surface area contributed by atoms with Crippen molar-refractivity contribution in [3.8, 4) is 11.8 Å². The van der Waals surface area contributed by atoms with Crippen LogP contribution >= 0.6 is 0 Å². The molecule has 1 unspecified atom stereocenters. The number of anilines is 1. The summed E-state index contributed by atoms with van der Waals surface area (Å²) in [5.41, 5.74) is 3.15. The van der Waals surface area contributed by atoms with E-state index in [1.165, 1.54) is 0 Å². The molecule has 1 atom stereocenters. The number of nitriles is 1. The molecular weight excluding hydrogens is 380 g/mol. The van der Waals surface area contributed by atoms with Crippen LogP contribution in [0.3, 0.4) is 0 Å². The zero-order valence-electron chi connectivity index (χ0n) is 16.0. The fraction of sp³-hybridized carbons (Fsp3) is 0.125. The average Bonchev–Trinajstić information content (AvgIpc) is 3.17. The predicted octanol–water partition coefficient (Wildman–Crippen LogP) is 3.75. The third-order valence-corrected chi connectivity index (χ3v) is 5.10. The zero-order chi connectivity index (χ0) is 21.1. The van der Waals surface area contributed by atoms with E-state index in [0.29, 0.717) is 29.9 Å². The van der Waals surface area contributed by atoms with Gasteiger partial charge in [0.05, 0.1) is 28.9 Å². The minimum atomic E-state index is -1.47. The first kappa shape index (κ1) is 19.2. The Bertz CT molecular complexity index is 1140. The molecule has 0 fully saturated rings. The highest BCUT2D eigenvalue weighted by Crippen LogP contribution is 2.40. The summed E-state index contributed by atoms with van der Waals surface area (Å²) < 4.78 is 6.04. The SMILES string of the molecule is N#Cc1ccc(COc2ccccc2N2C=C(C(=O)C(=O)O)C3=CC=CCC32)cc1. The predicted molar refractivity (Wildman–Crippen MR) is 111 cm³/mol. The Balaban J connectivity index is 1.63. The molecule has 4 rings (SSSR count). The Morgan fingerprint density at radius 2 is 1.93 bits per heavy atom. The highest BCUT2D eigenvalue weighted by Gasteiger charge is 2.37. The number of rotatable bonds is 6. The van der Waals surface area contributed by atoms with Crippen LogP contribution in [0.2, 0.25) is 0 Å². The third-order valence-electron chi connectivity index (χ3n) is 5.10. The van der Waals surface area contributed by atoms with E-state index in [2.05, 4.69) is 6.07 Å². The summed E-state index contributed by atoms with van der Waals surface area (Å²) in [6.45, 7) is 0.314. The van der Waals surface area contributed by atoms with E-state index in [0.717, 1.165) is 11.3 Å². The van der Waals surface area contributed by atoms with E-state index in [9.17, 15) is 14.7 Å². The molecule has 1 N–H and O–H groups in total. The topological polar surface area (TPSA) is 90.6 Å². The fourth-order valence-corrected chi connectivity index (χ4v) is 3.62. The molecule has 0 saturated heterocycles. The Kier molecular flexibility index (Phi) is 5.19. The van der Waals surface area contributed by atoms with Crippen LogP contribution in [0.1, 0.15) is 17.5 Å². The lowest BCUT2D eigenvalue weighted by molar-refractivity contribution is -0.147. The van der Waals surface area contributed by atoms with Gasteiger partial charge in [0.15, 0.2) is 0 Å². The van der Waals surface area contributed by atoms with Gasteiger partial charge in [0.2, 0.25) is 0 Å². The summed E-state index contributed by atoms with van der Waals surface area (Å²) in [5.74, 6) is -1.77. The maximum Gasteiger partial charge on any atom is 0.377 e. The fourth-order valence-electron chi connectivity index (χ4n) is 3.62. The van der Waals surface area contributed by atoms with Gasteiger partial charge in [-0.15, -0.1) is 0 Å². The number of ketones is 1. The molecule has 2 aliphatic rings. The van der Waals surface area contributed by atoms with E-state index < -0.39 is 11.8 Å². The first-order valence-corrected chi connectivity index (χ1v) is 9.44. The molecule has 148 valence electrons. The molecule has 6 nitrogen and oxygen atoms in total. The number of hydrogen-bond acceptors (Lipinski definition) is 5. The second-order valence-electron chi connectivity index (χ2n) is 6.95. The monoisotopic (exact) mass is 398 g/mol. The number of allylic oxidation sites excluding steroid dienone is 2. The van der Waals surface area contributed by atoms with E-state index in [1.54, 1.807) is 24.4 Å². The molecule has 6 heteroatoms. The zero-order valence-corrected chi connectivity index (χ0v) is 16.0. The van der Waals surface area contributed by atoms with Crippen molar-refractivity contribution in [2.45, 2.75) is 19.1 Å². The number of carbonyl (C=O) groups is 2. The molecule has 0 aromatic heterocycles. The van der Waals surface area contributed by atoms with E-state index in [1.807, 2.05) is 53.5 Å². The number of hydrogen-bond donors (Lipinski definition) is 1. The summed E-state index contributed by atoms with van der Waals surface area (Å²) in [6, 6.07) is 16.5. The Hall–Kier alpha value is -4.11. The lowest BCUT2D eigenvalue weighted by Crippen LogP contribution is -2.29. The van der Waals surface area contributed by atoms with Crippen LogP contribution in [0, 0.1) is 11.3 Å². The molecule has 30 heavy (non-hydrogen) atoms. The molecule has 0 saturated carbocycles. The first-order valence-electron chi connectivity index (χ1n) is 9.44. The van der Waals surface area contributed by atoms with E-state index >= 15 is 0 Å². The number of carboxylic acids is 1. The number of carboxylic acid groups (broad SMARTS) is 1. The van der Waals surface area contributed by atoms with E-state index in [4.69, 9.17) is 10.00 Å². The van der Waals surface area contributed by atoms with Gasteiger partial charge in [-0.05, 0) is 41.8 Å². The maximum atomic E-state index is 12.2. The van der Waals surface area contributed by atoms with Crippen LogP contribution in [0.5, 0.6) is 5.75 Å². The standard InChI is InChI=1S/C24H18N2O4/c25-13-16-9-11-17(12-10-16)15-30-22-8-4-3-7-21(22)26-14-19(23(27)24(28)29)18-5-1-2-6-20(18)26/h1-5,7-12,14,20H,6,15H2,(H,28,29). The molecule has 2 aromatic rings. The summed E-state index contributed by atoms with van der Waals surface area (Å²) in [5, 5.41) is 18.1. The van der Waals surface area contributed by atoms with Crippen molar-refractivity contribution < 1.29 is 19.4 Å². The number of carbonyl (C=O) groups excluding carboxylic acids is 1. The number of aliphatic carboxylic acids is 1. The van der Waals surface area contributed by atoms with Crippen molar-refractivity contribution in [2.75, 3.05) is 4.90 Å². The van der Waals surface area contributed by atoms with Crippen molar-refractivity contribution in [3.63, 3.8) is 0 Å². The van der Waals surface area contributed by atoms with Crippen molar-refractivity contribution in [1.29, 1.82) is 5.26 Å². The summed E-state index contributed by atoms with van der Waals surface area (Å²) in [6.07, 6.45) is 7.88. The van der Waals surface area contributed by atoms with Crippen LogP contribution in [0.4, 0.5) is 5.69 Å². The van der Waals surface area contributed by atoms with Gasteiger partial charge in [-0.2, -0.15) is 5.26 Å².